The fourth-order valence-corrected chi connectivity index (χ4v) is 8.81. The number of hydrogen-bond acceptors (Lipinski definition) is 8. The van der Waals surface area contributed by atoms with Crippen LogP contribution in [0.4, 0.5) is 0 Å². The van der Waals surface area contributed by atoms with Crippen LogP contribution in [-0.2, 0) is 14.3 Å². The first kappa shape index (κ1) is 58.9. The number of carbonyl (C=O) groups is 1. The van der Waals surface area contributed by atoms with Crippen LogP contribution in [0.1, 0.15) is 264 Å². The molecule has 0 aromatic rings. The van der Waals surface area contributed by atoms with Crippen molar-refractivity contribution in [2.75, 3.05) is 13.2 Å². The average molecular weight is 882 g/mol. The van der Waals surface area contributed by atoms with Crippen molar-refractivity contribution in [3.05, 3.63) is 12.2 Å². The molecule has 7 unspecified atom stereocenters. The molecule has 6 N–H and O–H groups in total. The largest absolute Gasteiger partial charge is 0.394 e. The van der Waals surface area contributed by atoms with Crippen molar-refractivity contribution in [2.45, 2.75) is 307 Å². The number of amides is 1. The van der Waals surface area contributed by atoms with Gasteiger partial charge in [0, 0.05) is 6.42 Å². The molecule has 0 radical (unpaired) electrons. The summed E-state index contributed by atoms with van der Waals surface area (Å²) < 4.78 is 11.1. The van der Waals surface area contributed by atoms with Crippen molar-refractivity contribution in [1.82, 2.24) is 5.32 Å². The highest BCUT2D eigenvalue weighted by Gasteiger charge is 2.44. The van der Waals surface area contributed by atoms with E-state index in [0.717, 1.165) is 32.1 Å². The molecular weight excluding hydrogens is 779 g/mol. The van der Waals surface area contributed by atoms with Gasteiger partial charge >= 0.3 is 0 Å². The van der Waals surface area contributed by atoms with Crippen molar-refractivity contribution in [3.8, 4) is 0 Å². The van der Waals surface area contributed by atoms with Crippen LogP contribution in [0.5, 0.6) is 0 Å². The van der Waals surface area contributed by atoms with E-state index in [-0.39, 0.29) is 12.5 Å². The molecule has 7 atom stereocenters. The van der Waals surface area contributed by atoms with Gasteiger partial charge in [-0.1, -0.05) is 257 Å². The van der Waals surface area contributed by atoms with Crippen molar-refractivity contribution in [1.29, 1.82) is 0 Å². The zero-order valence-corrected chi connectivity index (χ0v) is 40.6. The van der Waals surface area contributed by atoms with Crippen LogP contribution in [0.3, 0.4) is 0 Å². The van der Waals surface area contributed by atoms with Gasteiger partial charge in [-0.05, 0) is 12.8 Å². The molecule has 0 spiro atoms. The monoisotopic (exact) mass is 882 g/mol. The molecule has 1 rings (SSSR count). The predicted molar refractivity (Wildman–Crippen MR) is 258 cm³/mol. The van der Waals surface area contributed by atoms with Crippen LogP contribution in [0.2, 0.25) is 0 Å². The smallest absolute Gasteiger partial charge is 0.220 e. The van der Waals surface area contributed by atoms with E-state index < -0.39 is 49.5 Å². The van der Waals surface area contributed by atoms with Gasteiger partial charge in [0.15, 0.2) is 6.29 Å². The van der Waals surface area contributed by atoms with E-state index in [9.17, 15) is 30.3 Å². The molecule has 0 bridgehead atoms. The molecule has 1 heterocycles. The highest BCUT2D eigenvalue weighted by atomic mass is 16.7. The van der Waals surface area contributed by atoms with Crippen molar-refractivity contribution < 1.29 is 39.8 Å². The Morgan fingerprint density at radius 1 is 0.532 bits per heavy atom. The minimum atomic E-state index is -1.56. The van der Waals surface area contributed by atoms with Gasteiger partial charge in [0.1, 0.15) is 24.4 Å². The van der Waals surface area contributed by atoms with Crippen LogP contribution in [-0.4, -0.2) is 87.5 Å². The number of ether oxygens (including phenoxy) is 2. The summed E-state index contributed by atoms with van der Waals surface area (Å²) in [4.78, 5) is 12.8. The molecule has 0 aliphatic carbocycles. The van der Waals surface area contributed by atoms with E-state index in [1.807, 2.05) is 13.0 Å². The van der Waals surface area contributed by atoms with E-state index in [1.165, 1.54) is 212 Å². The maximum absolute atomic E-state index is 12.8. The van der Waals surface area contributed by atoms with Crippen molar-refractivity contribution in [3.63, 3.8) is 0 Å². The standard InChI is InChI=1S/C53H103NO8/c1-3-5-7-8-9-10-11-12-13-14-15-16-17-18-19-20-21-22-23-24-25-26-27-28-29-30-31-32-33-34-35-36-37-38-39-41-43-49(57)54-46(47(56)42-40-6-4-2)45-61-53-52(60)51(59)50(58)48(44-55)62-53/h40,42,46-48,50-53,55-56,58-60H,3-39,41,43-45H2,1-2H3,(H,54,57)/b42-40+. The summed E-state index contributed by atoms with van der Waals surface area (Å²) in [5.74, 6) is -0.184. The summed E-state index contributed by atoms with van der Waals surface area (Å²) in [6, 6.07) is -0.795. The summed E-state index contributed by atoms with van der Waals surface area (Å²) in [6.07, 6.45) is 47.1. The van der Waals surface area contributed by atoms with E-state index >= 15 is 0 Å². The summed E-state index contributed by atoms with van der Waals surface area (Å²) >= 11 is 0. The molecule has 1 saturated heterocycles. The molecule has 1 amide bonds. The van der Waals surface area contributed by atoms with Gasteiger partial charge in [-0.3, -0.25) is 4.79 Å². The lowest BCUT2D eigenvalue weighted by Crippen LogP contribution is -2.60. The fourth-order valence-electron chi connectivity index (χ4n) is 8.81. The van der Waals surface area contributed by atoms with E-state index in [4.69, 9.17) is 9.47 Å². The van der Waals surface area contributed by atoms with Crippen LogP contribution in [0.15, 0.2) is 12.2 Å². The van der Waals surface area contributed by atoms with E-state index in [1.54, 1.807) is 6.08 Å². The number of rotatable bonds is 46. The Labute approximate surface area is 382 Å². The summed E-state index contributed by atoms with van der Waals surface area (Å²) in [6.45, 7) is 3.58. The molecule has 9 nitrogen and oxygen atoms in total. The highest BCUT2D eigenvalue weighted by Crippen LogP contribution is 2.23. The highest BCUT2D eigenvalue weighted by molar-refractivity contribution is 5.76. The topological polar surface area (TPSA) is 149 Å². The molecule has 0 saturated carbocycles. The Morgan fingerprint density at radius 3 is 1.23 bits per heavy atom. The Kier molecular flexibility index (Phi) is 41.6. The second kappa shape index (κ2) is 43.8. The minimum Gasteiger partial charge on any atom is -0.394 e. The van der Waals surface area contributed by atoms with Crippen LogP contribution in [0, 0.1) is 0 Å². The first-order valence-electron chi connectivity index (χ1n) is 26.9. The number of aliphatic hydroxyl groups excluding tert-OH is 5. The normalized spacial score (nSPS) is 20.3. The summed E-state index contributed by atoms with van der Waals surface area (Å²) in [5, 5.41) is 53.5. The number of nitrogens with one attached hydrogen (secondary N) is 1. The minimum absolute atomic E-state index is 0.184. The van der Waals surface area contributed by atoms with Gasteiger partial charge in [0.2, 0.25) is 5.91 Å². The zero-order chi connectivity index (χ0) is 45.1. The van der Waals surface area contributed by atoms with Crippen LogP contribution < -0.4 is 5.32 Å². The number of carbonyl (C=O) groups excluding carboxylic acids is 1. The molecule has 0 aromatic heterocycles. The predicted octanol–water partition coefficient (Wildman–Crippen LogP) is 12.5. The van der Waals surface area contributed by atoms with Gasteiger partial charge in [-0.2, -0.15) is 0 Å². The Morgan fingerprint density at radius 2 is 0.887 bits per heavy atom. The molecular formula is C53H103NO8. The summed E-state index contributed by atoms with van der Waals surface area (Å²) in [7, 11) is 0. The first-order chi connectivity index (χ1) is 30.3. The quantitative estimate of drug-likeness (QED) is 0.0261. The second-order valence-electron chi connectivity index (χ2n) is 19.0. The Balaban J connectivity index is 1.89. The van der Waals surface area contributed by atoms with Crippen LogP contribution in [0.25, 0.3) is 0 Å². The number of unbranched alkanes of at least 4 members (excludes halogenated alkanes) is 36. The van der Waals surface area contributed by atoms with Gasteiger partial charge in [0.25, 0.3) is 0 Å². The lowest BCUT2D eigenvalue weighted by atomic mass is 9.99. The van der Waals surface area contributed by atoms with E-state index in [0.29, 0.717) is 6.42 Å². The van der Waals surface area contributed by atoms with Crippen LogP contribution >= 0.6 is 0 Å². The third-order valence-electron chi connectivity index (χ3n) is 13.1. The van der Waals surface area contributed by atoms with Crippen molar-refractivity contribution >= 4 is 5.91 Å². The van der Waals surface area contributed by atoms with Gasteiger partial charge < -0.3 is 40.3 Å². The average Bonchev–Trinajstić information content (AvgIpc) is 3.27. The summed E-state index contributed by atoms with van der Waals surface area (Å²) in [5.41, 5.74) is 0. The molecule has 368 valence electrons. The SMILES string of the molecule is CCC/C=C/C(O)C(COC1OC(CO)C(O)C(O)C1O)NC(=O)CCCCCCCCCCCCCCCCCCCCCCCCCCCCCCCCCCCCCC. The fraction of sp³-hybridized carbons (Fsp3) is 0.943. The third kappa shape index (κ3) is 33.4. The lowest BCUT2D eigenvalue weighted by Gasteiger charge is -2.40. The second-order valence-corrected chi connectivity index (χ2v) is 19.0. The maximum Gasteiger partial charge on any atom is 0.220 e. The third-order valence-corrected chi connectivity index (χ3v) is 13.1. The zero-order valence-electron chi connectivity index (χ0n) is 40.6. The molecule has 1 fully saturated rings. The Bertz CT molecular complexity index is 981. The number of allylic oxidation sites excluding steroid dienone is 1. The van der Waals surface area contributed by atoms with Gasteiger partial charge in [-0.15, -0.1) is 0 Å². The molecule has 62 heavy (non-hydrogen) atoms. The number of aliphatic hydroxyl groups is 5. The maximum atomic E-state index is 12.8. The van der Waals surface area contributed by atoms with Crippen molar-refractivity contribution in [2.24, 2.45) is 0 Å². The Hall–Kier alpha value is -1.07. The molecule has 0 aromatic carbocycles. The molecule has 1 aliphatic heterocycles. The molecule has 9 heteroatoms. The molecule has 1 aliphatic rings. The van der Waals surface area contributed by atoms with Gasteiger partial charge in [-0.25, -0.2) is 0 Å². The van der Waals surface area contributed by atoms with E-state index in [2.05, 4.69) is 12.2 Å². The first-order valence-corrected chi connectivity index (χ1v) is 26.9. The van der Waals surface area contributed by atoms with Gasteiger partial charge in [0.05, 0.1) is 25.4 Å². The number of hydrogen-bond donors (Lipinski definition) is 6. The lowest BCUT2D eigenvalue weighted by molar-refractivity contribution is -0.302.